The van der Waals surface area contributed by atoms with Gasteiger partial charge in [0.1, 0.15) is 0 Å². The molecule has 1 atom stereocenters. The first kappa shape index (κ1) is 23.6. The molecule has 2 nitrogen and oxygen atoms in total. The quantitative estimate of drug-likeness (QED) is 0.191. The molecule has 1 unspecified atom stereocenters. The van der Waals surface area contributed by atoms with Crippen LogP contribution in [-0.4, -0.2) is 0 Å². The summed E-state index contributed by atoms with van der Waals surface area (Å²) in [5, 5.41) is 8.65. The van der Waals surface area contributed by atoms with Gasteiger partial charge in [-0.15, -0.1) is 0 Å². The predicted molar refractivity (Wildman–Crippen MR) is 163 cm³/mol. The van der Waals surface area contributed by atoms with Gasteiger partial charge in [-0.1, -0.05) is 121 Å². The molecule has 1 aliphatic rings. The topological polar surface area (TPSA) is 38.0 Å². The summed E-state index contributed by atoms with van der Waals surface area (Å²) < 4.78 is 0. The Kier molecular flexibility index (Phi) is 6.37. The summed E-state index contributed by atoms with van der Waals surface area (Å²) in [5.41, 5.74) is 14.2. The molecule has 0 spiro atoms. The highest BCUT2D eigenvalue weighted by Gasteiger charge is 2.19. The fourth-order valence-corrected chi connectivity index (χ4v) is 5.41. The third kappa shape index (κ3) is 4.31. The normalized spacial score (nSPS) is 15.7. The van der Waals surface area contributed by atoms with Gasteiger partial charge in [-0.3, -0.25) is 0 Å². The van der Waals surface area contributed by atoms with E-state index in [1.807, 2.05) is 31.2 Å². The van der Waals surface area contributed by atoms with Crippen LogP contribution in [0.1, 0.15) is 18.5 Å². The van der Waals surface area contributed by atoms with Crippen LogP contribution in [0, 0.1) is 0 Å². The molecule has 38 heavy (non-hydrogen) atoms. The van der Waals surface area contributed by atoms with Gasteiger partial charge in [0.2, 0.25) is 0 Å². The van der Waals surface area contributed by atoms with Crippen molar-refractivity contribution < 1.29 is 0 Å². The van der Waals surface area contributed by atoms with Crippen molar-refractivity contribution in [1.29, 1.82) is 0 Å². The Hall–Kier alpha value is -4.82. The van der Waals surface area contributed by atoms with Gasteiger partial charge in [0.15, 0.2) is 0 Å². The third-order valence-corrected chi connectivity index (χ3v) is 7.19. The maximum Gasteiger partial charge on any atom is 0.0701 e. The summed E-state index contributed by atoms with van der Waals surface area (Å²) in [7, 11) is 0. The Morgan fingerprint density at radius 3 is 1.92 bits per heavy atom. The Bertz CT molecular complexity index is 1740. The Morgan fingerprint density at radius 1 is 0.711 bits per heavy atom. The monoisotopic (exact) mass is 490 g/mol. The van der Waals surface area contributed by atoms with E-state index in [2.05, 4.69) is 121 Å². The molecule has 0 saturated carbocycles. The number of hydrogen-bond acceptors (Lipinski definition) is 2. The van der Waals surface area contributed by atoms with E-state index in [1.165, 1.54) is 49.4 Å². The summed E-state index contributed by atoms with van der Waals surface area (Å²) in [6.07, 6.45) is 12.2. The molecule has 5 aromatic rings. The maximum atomic E-state index is 6.36. The molecule has 0 aromatic heterocycles. The summed E-state index contributed by atoms with van der Waals surface area (Å²) in [5.74, 6) is 0. The number of rotatable bonds is 5. The number of benzene rings is 5. The number of nitrogens with two attached hydrogens (primary N) is 1. The second-order valence-corrected chi connectivity index (χ2v) is 9.57. The van der Waals surface area contributed by atoms with E-state index in [-0.39, 0.29) is 6.04 Å². The van der Waals surface area contributed by atoms with E-state index in [0.29, 0.717) is 0 Å². The zero-order chi connectivity index (χ0) is 25.9. The molecule has 3 N–H and O–H groups in total. The molecular formula is C36H30N2. The van der Waals surface area contributed by atoms with Crippen molar-refractivity contribution in [2.24, 2.45) is 5.73 Å². The number of fused-ring (bicyclic) bond motifs is 2. The minimum Gasteiger partial charge on any atom is -0.397 e. The Labute approximate surface area is 224 Å². The lowest BCUT2D eigenvalue weighted by Crippen LogP contribution is -2.24. The molecule has 0 radical (unpaired) electrons. The molecule has 0 saturated heterocycles. The second kappa shape index (κ2) is 10.3. The van der Waals surface area contributed by atoms with E-state index in [4.69, 9.17) is 5.73 Å². The van der Waals surface area contributed by atoms with E-state index in [0.717, 1.165) is 11.4 Å². The van der Waals surface area contributed by atoms with Gasteiger partial charge < -0.3 is 11.1 Å². The fraction of sp³-hybridized carbons (Fsp3) is 0.0556. The average Bonchev–Trinajstić information content (AvgIpc) is 2.99. The minimum absolute atomic E-state index is 0.0206. The SMILES string of the molecule is C/C=C\C=C(/N)C1=CC=CC(c2ccc3c(-c4ccccc4)c4ccccc4c(-c4ccccc4)c3c2)N1. The number of hydrogen-bond donors (Lipinski definition) is 2. The van der Waals surface area contributed by atoms with Crippen LogP contribution in [0.5, 0.6) is 0 Å². The molecular weight excluding hydrogens is 460 g/mol. The van der Waals surface area contributed by atoms with Gasteiger partial charge in [-0.05, 0) is 74.5 Å². The molecule has 1 heterocycles. The minimum atomic E-state index is 0.0206. The van der Waals surface area contributed by atoms with Crippen molar-refractivity contribution in [3.8, 4) is 22.3 Å². The Balaban J connectivity index is 1.60. The van der Waals surface area contributed by atoms with Crippen molar-refractivity contribution in [2.75, 3.05) is 0 Å². The van der Waals surface area contributed by atoms with Crippen molar-refractivity contribution >= 4 is 21.5 Å². The number of nitrogens with one attached hydrogen (secondary N) is 1. The van der Waals surface area contributed by atoms with E-state index in [9.17, 15) is 0 Å². The standard InChI is InChI=1S/C36H30N2/c1-2-3-19-32(37)34-21-12-20-33(38-34)27-22-23-30-31(24-27)36(26-15-8-5-9-16-26)29-18-11-10-17-28(29)35(30)25-13-6-4-7-14-25/h2-24,33,38H,37H2,1H3/b3-2-,32-19-. The lowest BCUT2D eigenvalue weighted by atomic mass is 9.84. The Morgan fingerprint density at radius 2 is 1.29 bits per heavy atom. The van der Waals surface area contributed by atoms with E-state index in [1.54, 1.807) is 0 Å². The molecule has 5 aromatic carbocycles. The summed E-state index contributed by atoms with van der Waals surface area (Å²) in [6.45, 7) is 1.99. The first-order valence-electron chi connectivity index (χ1n) is 13.1. The molecule has 2 heteroatoms. The van der Waals surface area contributed by atoms with Gasteiger partial charge in [-0.25, -0.2) is 0 Å². The molecule has 0 amide bonds. The van der Waals surface area contributed by atoms with E-state index < -0.39 is 0 Å². The van der Waals surface area contributed by atoms with Gasteiger partial charge in [-0.2, -0.15) is 0 Å². The molecule has 0 fully saturated rings. The first-order chi connectivity index (χ1) is 18.7. The van der Waals surface area contributed by atoms with Crippen molar-refractivity contribution in [3.05, 3.63) is 157 Å². The van der Waals surface area contributed by atoms with Gasteiger partial charge in [0, 0.05) is 0 Å². The zero-order valence-corrected chi connectivity index (χ0v) is 21.4. The number of dihydropyridines is 1. The second-order valence-electron chi connectivity index (χ2n) is 9.57. The van der Waals surface area contributed by atoms with Crippen molar-refractivity contribution in [2.45, 2.75) is 13.0 Å². The smallest absolute Gasteiger partial charge is 0.0701 e. The van der Waals surface area contributed by atoms with Crippen LogP contribution in [0.4, 0.5) is 0 Å². The van der Waals surface area contributed by atoms with Crippen LogP contribution >= 0.6 is 0 Å². The van der Waals surface area contributed by atoms with Crippen LogP contribution in [0.3, 0.4) is 0 Å². The molecule has 184 valence electrons. The van der Waals surface area contributed by atoms with Crippen molar-refractivity contribution in [1.82, 2.24) is 5.32 Å². The highest BCUT2D eigenvalue weighted by Crippen LogP contribution is 2.44. The molecule has 6 rings (SSSR count). The van der Waals surface area contributed by atoms with Crippen LogP contribution in [0.2, 0.25) is 0 Å². The lowest BCUT2D eigenvalue weighted by Gasteiger charge is -2.24. The summed E-state index contributed by atoms with van der Waals surface area (Å²) >= 11 is 0. The predicted octanol–water partition coefficient (Wildman–Crippen LogP) is 8.83. The molecule has 0 aliphatic carbocycles. The van der Waals surface area contributed by atoms with Gasteiger partial charge >= 0.3 is 0 Å². The van der Waals surface area contributed by atoms with Crippen molar-refractivity contribution in [3.63, 3.8) is 0 Å². The van der Waals surface area contributed by atoms with Gasteiger partial charge in [0.25, 0.3) is 0 Å². The average molecular weight is 491 g/mol. The number of allylic oxidation sites excluding steroid dienone is 5. The maximum absolute atomic E-state index is 6.36. The highest BCUT2D eigenvalue weighted by molar-refractivity contribution is 6.21. The largest absolute Gasteiger partial charge is 0.397 e. The fourth-order valence-electron chi connectivity index (χ4n) is 5.41. The van der Waals surface area contributed by atoms with Crippen LogP contribution < -0.4 is 11.1 Å². The molecule has 1 aliphatic heterocycles. The first-order valence-corrected chi connectivity index (χ1v) is 13.1. The summed E-state index contributed by atoms with van der Waals surface area (Å²) in [6, 6.07) is 37.2. The van der Waals surface area contributed by atoms with Crippen LogP contribution in [0.15, 0.2) is 151 Å². The zero-order valence-electron chi connectivity index (χ0n) is 21.4. The van der Waals surface area contributed by atoms with Gasteiger partial charge in [0.05, 0.1) is 17.4 Å². The van der Waals surface area contributed by atoms with E-state index >= 15 is 0 Å². The summed E-state index contributed by atoms with van der Waals surface area (Å²) in [4.78, 5) is 0. The molecule has 0 bridgehead atoms. The highest BCUT2D eigenvalue weighted by atomic mass is 15.0. The van der Waals surface area contributed by atoms with Crippen LogP contribution in [-0.2, 0) is 0 Å². The lowest BCUT2D eigenvalue weighted by molar-refractivity contribution is 0.709. The van der Waals surface area contributed by atoms with Crippen LogP contribution in [0.25, 0.3) is 43.8 Å². The third-order valence-electron chi connectivity index (χ3n) is 7.19.